The van der Waals surface area contributed by atoms with Gasteiger partial charge in [0.25, 0.3) is 0 Å². The fourth-order valence-corrected chi connectivity index (χ4v) is 4.95. The van der Waals surface area contributed by atoms with Gasteiger partial charge in [-0.05, 0) is 35.1 Å². The summed E-state index contributed by atoms with van der Waals surface area (Å²) >= 11 is 0. The first-order valence-electron chi connectivity index (χ1n) is 12.2. The number of carboxylic acids is 1. The fraction of sp³-hybridized carbons (Fsp3) is 0.444. The predicted octanol–water partition coefficient (Wildman–Crippen LogP) is 3.83. The maximum absolute atomic E-state index is 12.7. The first kappa shape index (κ1) is 24.7. The smallest absolute Gasteiger partial charge is 0.407 e. The number of hydrogen-bond donors (Lipinski definition) is 3. The highest BCUT2D eigenvalue weighted by Gasteiger charge is 2.35. The topological polar surface area (TPSA) is 114 Å². The lowest BCUT2D eigenvalue weighted by molar-refractivity contribution is -0.148. The Hall–Kier alpha value is -3.39. The number of amides is 2. The van der Waals surface area contributed by atoms with E-state index >= 15 is 0 Å². The van der Waals surface area contributed by atoms with Crippen molar-refractivity contribution in [2.24, 2.45) is 0 Å². The van der Waals surface area contributed by atoms with Gasteiger partial charge in [0.2, 0.25) is 5.91 Å². The first-order valence-corrected chi connectivity index (χ1v) is 12.2. The van der Waals surface area contributed by atoms with Crippen LogP contribution in [-0.2, 0) is 19.1 Å². The van der Waals surface area contributed by atoms with Gasteiger partial charge in [0.1, 0.15) is 6.61 Å². The number of aliphatic carboxylic acids is 1. The summed E-state index contributed by atoms with van der Waals surface area (Å²) in [5.74, 6) is -1.44. The number of unbranched alkanes of at least 4 members (excludes halogenated alkanes) is 1. The number of fused-ring (bicyclic) bond motifs is 3. The van der Waals surface area contributed by atoms with E-state index in [0.717, 1.165) is 35.1 Å². The van der Waals surface area contributed by atoms with Crippen molar-refractivity contribution in [2.45, 2.75) is 63.1 Å². The minimum atomic E-state index is -1.09. The molecule has 8 heteroatoms. The number of carbonyl (C=O) groups excluding carboxylic acids is 2. The van der Waals surface area contributed by atoms with Gasteiger partial charge in [-0.15, -0.1) is 0 Å². The maximum atomic E-state index is 12.7. The monoisotopic (exact) mass is 480 g/mol. The largest absolute Gasteiger partial charge is 0.479 e. The van der Waals surface area contributed by atoms with Crippen molar-refractivity contribution in [3.05, 3.63) is 59.7 Å². The summed E-state index contributed by atoms with van der Waals surface area (Å²) in [5.41, 5.74) is 4.58. The highest BCUT2D eigenvalue weighted by Crippen LogP contribution is 2.44. The van der Waals surface area contributed by atoms with Crippen LogP contribution in [0, 0.1) is 0 Å². The molecule has 2 aromatic rings. The van der Waals surface area contributed by atoms with Gasteiger partial charge < -0.3 is 25.2 Å². The summed E-state index contributed by atoms with van der Waals surface area (Å²) in [4.78, 5) is 36.6. The lowest BCUT2D eigenvalue weighted by Gasteiger charge is -2.21. The molecule has 1 aliphatic carbocycles. The number of ether oxygens (including phenoxy) is 2. The summed E-state index contributed by atoms with van der Waals surface area (Å²) in [6.45, 7) is 2.53. The zero-order valence-electron chi connectivity index (χ0n) is 19.9. The third-order valence-electron chi connectivity index (χ3n) is 6.69. The molecule has 1 aliphatic heterocycles. The van der Waals surface area contributed by atoms with E-state index in [1.54, 1.807) is 0 Å². The van der Waals surface area contributed by atoms with Gasteiger partial charge in [0, 0.05) is 25.0 Å². The van der Waals surface area contributed by atoms with E-state index in [4.69, 9.17) is 9.47 Å². The Balaban J connectivity index is 1.34. The van der Waals surface area contributed by atoms with Crippen LogP contribution in [0.25, 0.3) is 11.1 Å². The van der Waals surface area contributed by atoms with Crippen molar-refractivity contribution in [3.8, 4) is 11.1 Å². The van der Waals surface area contributed by atoms with Crippen LogP contribution in [0.2, 0.25) is 0 Å². The molecule has 1 heterocycles. The van der Waals surface area contributed by atoms with Gasteiger partial charge in [-0.1, -0.05) is 68.3 Å². The summed E-state index contributed by atoms with van der Waals surface area (Å²) in [7, 11) is 0. The van der Waals surface area contributed by atoms with Crippen LogP contribution in [0.3, 0.4) is 0 Å². The molecule has 35 heavy (non-hydrogen) atoms. The zero-order valence-corrected chi connectivity index (χ0v) is 19.9. The van der Waals surface area contributed by atoms with Crippen molar-refractivity contribution in [2.75, 3.05) is 13.2 Å². The van der Waals surface area contributed by atoms with Gasteiger partial charge in [0.05, 0.1) is 6.04 Å². The van der Waals surface area contributed by atoms with E-state index in [0.29, 0.717) is 19.4 Å². The molecule has 2 aromatic carbocycles. The Morgan fingerprint density at radius 2 is 1.74 bits per heavy atom. The number of carbonyl (C=O) groups is 3. The molecule has 3 atom stereocenters. The molecular weight excluding hydrogens is 448 g/mol. The number of nitrogens with one attached hydrogen (secondary N) is 2. The van der Waals surface area contributed by atoms with Crippen molar-refractivity contribution in [1.29, 1.82) is 0 Å². The lowest BCUT2D eigenvalue weighted by atomic mass is 9.98. The molecule has 8 nitrogen and oxygen atoms in total. The van der Waals surface area contributed by atoms with Gasteiger partial charge in [-0.25, -0.2) is 9.59 Å². The fourth-order valence-electron chi connectivity index (χ4n) is 4.95. The Morgan fingerprint density at radius 3 is 2.37 bits per heavy atom. The molecule has 0 saturated carbocycles. The van der Waals surface area contributed by atoms with Crippen LogP contribution in [0.5, 0.6) is 0 Å². The second-order valence-corrected chi connectivity index (χ2v) is 9.11. The molecule has 0 radical (unpaired) electrons. The molecule has 4 rings (SSSR count). The Labute approximate surface area is 205 Å². The SMILES string of the molecule is CCCCC(CC(=O)N[C@H]1CCO[C@H]1C(=O)O)NC(=O)OCC1c2ccccc2-c2ccccc21. The van der Waals surface area contributed by atoms with Gasteiger partial charge >= 0.3 is 12.1 Å². The van der Waals surface area contributed by atoms with Gasteiger partial charge in [0.15, 0.2) is 6.10 Å². The minimum absolute atomic E-state index is 0.0409. The van der Waals surface area contributed by atoms with Crippen LogP contribution in [0.1, 0.15) is 56.1 Å². The quantitative estimate of drug-likeness (QED) is 0.476. The van der Waals surface area contributed by atoms with Crippen LogP contribution in [0.4, 0.5) is 4.79 Å². The molecule has 1 unspecified atom stereocenters. The molecule has 0 spiro atoms. The van der Waals surface area contributed by atoms with Crippen LogP contribution < -0.4 is 10.6 Å². The molecule has 2 amide bonds. The van der Waals surface area contributed by atoms with Gasteiger partial charge in [-0.2, -0.15) is 0 Å². The van der Waals surface area contributed by atoms with Crippen LogP contribution >= 0.6 is 0 Å². The molecule has 186 valence electrons. The molecule has 2 aliphatic rings. The molecule has 1 fully saturated rings. The van der Waals surface area contributed by atoms with E-state index in [9.17, 15) is 19.5 Å². The van der Waals surface area contributed by atoms with Crippen molar-refractivity contribution in [3.63, 3.8) is 0 Å². The standard InChI is InChI=1S/C27H32N2O6/c1-2-3-8-17(15-24(30)29-23-13-14-34-25(23)26(31)32)28-27(33)35-16-22-20-11-6-4-9-18(20)19-10-5-7-12-21(19)22/h4-7,9-12,17,22-23,25H,2-3,8,13-16H2,1H3,(H,28,33)(H,29,30)(H,31,32)/t17?,23-,25+/m0/s1. The second kappa shape index (κ2) is 11.4. The third-order valence-corrected chi connectivity index (χ3v) is 6.69. The van der Waals surface area contributed by atoms with E-state index < -0.39 is 30.3 Å². The Bertz CT molecular complexity index is 1030. The van der Waals surface area contributed by atoms with Crippen LogP contribution in [0.15, 0.2) is 48.5 Å². The summed E-state index contributed by atoms with van der Waals surface area (Å²) in [5, 5.41) is 14.8. The second-order valence-electron chi connectivity index (χ2n) is 9.11. The third kappa shape index (κ3) is 5.82. The molecule has 0 bridgehead atoms. The average Bonchev–Trinajstić information content (AvgIpc) is 3.44. The molecular formula is C27H32N2O6. The highest BCUT2D eigenvalue weighted by molar-refractivity contribution is 5.81. The Morgan fingerprint density at radius 1 is 1.09 bits per heavy atom. The van der Waals surface area contributed by atoms with E-state index in [1.807, 2.05) is 31.2 Å². The summed E-state index contributed by atoms with van der Waals surface area (Å²) < 4.78 is 10.8. The van der Waals surface area contributed by atoms with Gasteiger partial charge in [-0.3, -0.25) is 4.79 Å². The summed E-state index contributed by atoms with van der Waals surface area (Å²) in [6.07, 6.45) is 1.28. The normalized spacial score (nSPS) is 19.5. The number of alkyl carbamates (subject to hydrolysis) is 1. The molecule has 1 saturated heterocycles. The highest BCUT2D eigenvalue weighted by atomic mass is 16.5. The number of carboxylic acid groups (broad SMARTS) is 1. The van der Waals surface area contributed by atoms with Crippen molar-refractivity contribution >= 4 is 18.0 Å². The van der Waals surface area contributed by atoms with E-state index in [1.165, 1.54) is 0 Å². The molecule has 0 aromatic heterocycles. The summed E-state index contributed by atoms with van der Waals surface area (Å²) in [6, 6.07) is 15.3. The predicted molar refractivity (Wildman–Crippen MR) is 130 cm³/mol. The van der Waals surface area contributed by atoms with E-state index in [-0.39, 0.29) is 24.9 Å². The Kier molecular flexibility index (Phi) is 8.02. The maximum Gasteiger partial charge on any atom is 0.407 e. The number of hydrogen-bond acceptors (Lipinski definition) is 5. The first-order chi connectivity index (χ1) is 17.0. The minimum Gasteiger partial charge on any atom is -0.479 e. The molecule has 3 N–H and O–H groups in total. The van der Waals surface area contributed by atoms with Crippen LogP contribution in [-0.4, -0.2) is 54.5 Å². The average molecular weight is 481 g/mol. The number of rotatable bonds is 10. The van der Waals surface area contributed by atoms with E-state index in [2.05, 4.69) is 34.9 Å². The van der Waals surface area contributed by atoms with Crippen molar-refractivity contribution < 1.29 is 29.0 Å². The zero-order chi connectivity index (χ0) is 24.8. The number of benzene rings is 2. The lowest BCUT2D eigenvalue weighted by Crippen LogP contribution is -2.46. The van der Waals surface area contributed by atoms with Crippen molar-refractivity contribution in [1.82, 2.24) is 10.6 Å².